The summed E-state index contributed by atoms with van der Waals surface area (Å²) in [7, 11) is -3.59. The number of hydrogen-bond acceptors (Lipinski definition) is 6. The van der Waals surface area contributed by atoms with Crippen LogP contribution in [0.4, 0.5) is 0 Å². The van der Waals surface area contributed by atoms with Crippen molar-refractivity contribution >= 4 is 10.0 Å². The van der Waals surface area contributed by atoms with Gasteiger partial charge >= 0.3 is 5.69 Å². The monoisotopic (exact) mass is 469 g/mol. The largest absolute Gasteiger partial charge is 0.378 e. The van der Waals surface area contributed by atoms with E-state index in [2.05, 4.69) is 10.00 Å². The van der Waals surface area contributed by atoms with Crippen molar-refractivity contribution < 1.29 is 13.2 Å². The number of hydrogen-bond donors (Lipinski definition) is 0. The Morgan fingerprint density at radius 3 is 2.24 bits per heavy atom. The second kappa shape index (κ2) is 8.86. The zero-order valence-corrected chi connectivity index (χ0v) is 19.3. The van der Waals surface area contributed by atoms with E-state index in [1.807, 2.05) is 30.3 Å². The van der Waals surface area contributed by atoms with Crippen molar-refractivity contribution in [2.75, 3.05) is 39.4 Å². The molecule has 0 atom stereocenters. The number of nitrogens with zero attached hydrogens (tertiary/aromatic N) is 5. The highest BCUT2D eigenvalue weighted by atomic mass is 32.2. The second-order valence-corrected chi connectivity index (χ2v) is 10.4. The SMILES string of the molecule is Cc1nn(-c2ccc(S(=O)(=O)N3CCN(C4COC4)CC3)cc2)c(=O)n1Cc1ccccc1. The Labute approximate surface area is 192 Å². The van der Waals surface area contributed by atoms with E-state index in [0.29, 0.717) is 50.3 Å². The van der Waals surface area contributed by atoms with E-state index in [0.717, 1.165) is 18.8 Å². The molecule has 5 rings (SSSR count). The van der Waals surface area contributed by atoms with E-state index < -0.39 is 10.0 Å². The fourth-order valence-corrected chi connectivity index (χ4v) is 5.68. The van der Waals surface area contributed by atoms with Crippen LogP contribution in [-0.2, 0) is 21.3 Å². The van der Waals surface area contributed by atoms with Crippen LogP contribution in [0.3, 0.4) is 0 Å². The number of benzene rings is 2. The first-order valence-corrected chi connectivity index (χ1v) is 12.5. The Morgan fingerprint density at radius 2 is 1.64 bits per heavy atom. The summed E-state index contributed by atoms with van der Waals surface area (Å²) in [6.45, 7) is 6.01. The van der Waals surface area contributed by atoms with Gasteiger partial charge in [0.05, 0.1) is 36.4 Å². The van der Waals surface area contributed by atoms with Gasteiger partial charge in [0.25, 0.3) is 0 Å². The molecule has 0 N–H and O–H groups in total. The van der Waals surface area contributed by atoms with E-state index in [1.165, 1.54) is 8.99 Å². The lowest BCUT2D eigenvalue weighted by Crippen LogP contribution is -2.57. The highest BCUT2D eigenvalue weighted by Gasteiger charge is 2.33. The maximum Gasteiger partial charge on any atom is 0.351 e. The zero-order chi connectivity index (χ0) is 23.0. The molecule has 33 heavy (non-hydrogen) atoms. The summed E-state index contributed by atoms with van der Waals surface area (Å²) >= 11 is 0. The third kappa shape index (κ3) is 4.26. The van der Waals surface area contributed by atoms with Gasteiger partial charge in [0, 0.05) is 26.2 Å². The first-order valence-electron chi connectivity index (χ1n) is 11.1. The summed E-state index contributed by atoms with van der Waals surface area (Å²) in [5.41, 5.74) is 1.28. The van der Waals surface area contributed by atoms with Crippen LogP contribution < -0.4 is 5.69 Å². The topological polar surface area (TPSA) is 89.7 Å². The van der Waals surface area contributed by atoms with Gasteiger partial charge in [-0.2, -0.15) is 14.1 Å². The molecule has 9 nitrogen and oxygen atoms in total. The molecule has 0 spiro atoms. The molecule has 0 radical (unpaired) electrons. The predicted octanol–water partition coefficient (Wildman–Crippen LogP) is 1.10. The number of aryl methyl sites for hydroxylation is 1. The molecule has 2 fully saturated rings. The van der Waals surface area contributed by atoms with Crippen LogP contribution in [0.2, 0.25) is 0 Å². The van der Waals surface area contributed by atoms with Crippen LogP contribution in [0.5, 0.6) is 0 Å². The zero-order valence-electron chi connectivity index (χ0n) is 18.5. The van der Waals surface area contributed by atoms with Crippen molar-refractivity contribution in [1.29, 1.82) is 0 Å². The van der Waals surface area contributed by atoms with E-state index >= 15 is 0 Å². The van der Waals surface area contributed by atoms with Gasteiger partial charge in [-0.05, 0) is 36.8 Å². The van der Waals surface area contributed by atoms with Crippen LogP contribution in [0, 0.1) is 6.92 Å². The maximum atomic E-state index is 13.1. The normalized spacial score (nSPS) is 18.3. The van der Waals surface area contributed by atoms with Gasteiger partial charge in [-0.1, -0.05) is 30.3 Å². The average molecular weight is 470 g/mol. The van der Waals surface area contributed by atoms with Crippen molar-refractivity contribution in [2.24, 2.45) is 0 Å². The molecule has 1 aromatic heterocycles. The summed E-state index contributed by atoms with van der Waals surface area (Å²) in [6, 6.07) is 16.5. The van der Waals surface area contributed by atoms with Gasteiger partial charge < -0.3 is 4.74 Å². The molecule has 2 aliphatic heterocycles. The van der Waals surface area contributed by atoms with E-state index in [9.17, 15) is 13.2 Å². The molecule has 0 amide bonds. The third-order valence-electron chi connectivity index (χ3n) is 6.36. The minimum absolute atomic E-state index is 0.222. The molecule has 0 bridgehead atoms. The van der Waals surface area contributed by atoms with E-state index in [1.54, 1.807) is 35.8 Å². The molecule has 10 heteroatoms. The summed E-state index contributed by atoms with van der Waals surface area (Å²) < 4.78 is 35.9. The van der Waals surface area contributed by atoms with Gasteiger partial charge in [-0.3, -0.25) is 9.47 Å². The third-order valence-corrected chi connectivity index (χ3v) is 8.27. The predicted molar refractivity (Wildman–Crippen MR) is 123 cm³/mol. The van der Waals surface area contributed by atoms with Crippen molar-refractivity contribution in [3.63, 3.8) is 0 Å². The quantitative estimate of drug-likeness (QED) is 0.537. The number of aromatic nitrogens is 3. The van der Waals surface area contributed by atoms with Crippen molar-refractivity contribution in [1.82, 2.24) is 23.6 Å². The van der Waals surface area contributed by atoms with Crippen LogP contribution >= 0.6 is 0 Å². The van der Waals surface area contributed by atoms with Gasteiger partial charge in [0.1, 0.15) is 5.82 Å². The van der Waals surface area contributed by atoms with Gasteiger partial charge in [0.15, 0.2) is 0 Å². The first kappa shape index (κ1) is 22.0. The summed E-state index contributed by atoms with van der Waals surface area (Å²) in [6.07, 6.45) is 0. The van der Waals surface area contributed by atoms with Gasteiger partial charge in [0.2, 0.25) is 10.0 Å². The standard InChI is InChI=1S/C23H27N5O4S/c1-18-24-28(23(29)27(18)15-19-5-3-2-4-6-19)20-7-9-22(10-8-20)33(30,31)26-13-11-25(12-14-26)21-16-32-17-21/h2-10,21H,11-17H2,1H3. The number of sulfonamides is 1. The lowest BCUT2D eigenvalue weighted by Gasteiger charge is -2.42. The van der Waals surface area contributed by atoms with Crippen LogP contribution in [-0.4, -0.2) is 77.4 Å². The molecular weight excluding hydrogens is 442 g/mol. The number of rotatable bonds is 6. The van der Waals surface area contributed by atoms with Gasteiger partial charge in [-0.15, -0.1) is 0 Å². The van der Waals surface area contributed by atoms with Crippen molar-refractivity contribution in [3.8, 4) is 5.69 Å². The van der Waals surface area contributed by atoms with Gasteiger partial charge in [-0.25, -0.2) is 13.2 Å². The molecule has 2 aliphatic rings. The molecule has 2 saturated heterocycles. The molecular formula is C23H27N5O4S. The Hall–Kier alpha value is -2.79. The lowest BCUT2D eigenvalue weighted by atomic mass is 10.2. The molecule has 3 aromatic rings. The van der Waals surface area contributed by atoms with Crippen molar-refractivity contribution in [3.05, 3.63) is 76.5 Å². The Kier molecular flexibility index (Phi) is 5.92. The highest BCUT2D eigenvalue weighted by Crippen LogP contribution is 2.21. The summed E-state index contributed by atoms with van der Waals surface area (Å²) in [5.74, 6) is 0.593. The lowest BCUT2D eigenvalue weighted by molar-refractivity contribution is -0.0721. The molecule has 0 aliphatic carbocycles. The molecule has 174 valence electrons. The summed E-state index contributed by atoms with van der Waals surface area (Å²) in [5, 5.41) is 4.39. The minimum atomic E-state index is -3.59. The van der Waals surface area contributed by atoms with E-state index in [-0.39, 0.29) is 10.6 Å². The molecule has 0 unspecified atom stereocenters. The average Bonchev–Trinajstić information content (AvgIpc) is 3.07. The van der Waals surface area contributed by atoms with Crippen LogP contribution in [0.1, 0.15) is 11.4 Å². The fraction of sp³-hybridized carbons (Fsp3) is 0.391. The maximum absolute atomic E-state index is 13.1. The molecule has 3 heterocycles. The first-order chi connectivity index (χ1) is 15.9. The second-order valence-electron chi connectivity index (χ2n) is 8.44. The smallest absolute Gasteiger partial charge is 0.351 e. The molecule has 2 aromatic carbocycles. The van der Waals surface area contributed by atoms with Crippen LogP contribution in [0.25, 0.3) is 5.69 Å². The van der Waals surface area contributed by atoms with Crippen LogP contribution in [0.15, 0.2) is 64.3 Å². The minimum Gasteiger partial charge on any atom is -0.378 e. The Morgan fingerprint density at radius 1 is 0.970 bits per heavy atom. The number of piperazine rings is 1. The Bertz CT molecular complexity index is 1270. The highest BCUT2D eigenvalue weighted by molar-refractivity contribution is 7.89. The number of ether oxygens (including phenoxy) is 1. The molecule has 0 saturated carbocycles. The fourth-order valence-electron chi connectivity index (χ4n) is 4.26. The summed E-state index contributed by atoms with van der Waals surface area (Å²) in [4.78, 5) is 15.5. The van der Waals surface area contributed by atoms with E-state index in [4.69, 9.17) is 4.74 Å². The van der Waals surface area contributed by atoms with Crippen molar-refractivity contribution in [2.45, 2.75) is 24.4 Å². The Balaban J connectivity index is 1.32.